The van der Waals surface area contributed by atoms with Crippen molar-refractivity contribution in [3.05, 3.63) is 99.2 Å². The van der Waals surface area contributed by atoms with Crippen LogP contribution in [-0.2, 0) is 14.0 Å². The van der Waals surface area contributed by atoms with Gasteiger partial charge in [0.1, 0.15) is 12.4 Å². The number of carbonyl (C=O) groups is 1. The molecular weight excluding hydrogens is 548 g/mol. The first-order valence-corrected chi connectivity index (χ1v) is 13.4. The van der Waals surface area contributed by atoms with E-state index in [0.29, 0.717) is 15.5 Å². The Morgan fingerprint density at radius 3 is 2.16 bits per heavy atom. The standard InChI is InChI=1S/C30H30BBrFNO4/c1-29(2)30(3,4)38-31(37-29)20(15-19-13-14-26(32)27(33)16-19)17-34-28(35)36-18-25-23-11-7-5-9-21(23)22-10-6-8-12-24(22)25/h5-16,25H,17-18H2,1-4H3,(H,34,35). The number of benzene rings is 3. The predicted octanol–water partition coefficient (Wildman–Crippen LogP) is 7.14. The van der Waals surface area contributed by atoms with Crippen molar-refractivity contribution in [3.8, 4) is 11.1 Å². The summed E-state index contributed by atoms with van der Waals surface area (Å²) in [5, 5.41) is 2.84. The Morgan fingerprint density at radius 2 is 1.58 bits per heavy atom. The lowest BCUT2D eigenvalue weighted by molar-refractivity contribution is 0.00578. The lowest BCUT2D eigenvalue weighted by Gasteiger charge is -2.32. The molecule has 1 aliphatic carbocycles. The Bertz CT molecular complexity index is 1350. The first-order valence-electron chi connectivity index (χ1n) is 12.7. The van der Waals surface area contributed by atoms with E-state index in [1.165, 1.54) is 17.2 Å². The van der Waals surface area contributed by atoms with Gasteiger partial charge in [-0.3, -0.25) is 0 Å². The van der Waals surface area contributed by atoms with Crippen molar-refractivity contribution in [2.45, 2.75) is 44.8 Å². The van der Waals surface area contributed by atoms with Crippen LogP contribution in [0.25, 0.3) is 17.2 Å². The average Bonchev–Trinajstić information content (AvgIpc) is 3.31. The molecule has 1 amide bonds. The van der Waals surface area contributed by atoms with Crippen molar-refractivity contribution in [2.75, 3.05) is 13.2 Å². The Hall–Kier alpha value is -2.94. The lowest BCUT2D eigenvalue weighted by atomic mass is 9.77. The topological polar surface area (TPSA) is 56.8 Å². The summed E-state index contributed by atoms with van der Waals surface area (Å²) in [5.41, 5.74) is 4.79. The fourth-order valence-electron chi connectivity index (χ4n) is 4.84. The second-order valence-electron chi connectivity index (χ2n) is 10.7. The Balaban J connectivity index is 1.30. The van der Waals surface area contributed by atoms with Crippen LogP contribution in [0.4, 0.5) is 9.18 Å². The smallest absolute Gasteiger partial charge is 0.449 e. The molecule has 1 saturated heterocycles. The van der Waals surface area contributed by atoms with Gasteiger partial charge in [-0.1, -0.05) is 60.7 Å². The van der Waals surface area contributed by atoms with E-state index in [2.05, 4.69) is 45.5 Å². The van der Waals surface area contributed by atoms with Crippen molar-refractivity contribution in [3.63, 3.8) is 0 Å². The minimum atomic E-state index is -0.708. The van der Waals surface area contributed by atoms with Gasteiger partial charge in [-0.15, -0.1) is 0 Å². The molecule has 0 unspecified atom stereocenters. The van der Waals surface area contributed by atoms with E-state index in [1.54, 1.807) is 18.2 Å². The summed E-state index contributed by atoms with van der Waals surface area (Å²) >= 11 is 3.19. The van der Waals surface area contributed by atoms with Crippen molar-refractivity contribution >= 4 is 35.2 Å². The Labute approximate surface area is 231 Å². The number of hydrogen-bond donors (Lipinski definition) is 1. The number of halogens is 2. The highest BCUT2D eigenvalue weighted by atomic mass is 79.9. The third-order valence-corrected chi connectivity index (χ3v) is 8.28. The number of amides is 1. The SMILES string of the molecule is CC1(C)OB(C(=Cc2ccc(Br)c(F)c2)CNC(=O)OCC2c3ccccc3-c3ccccc32)OC1(C)C. The molecule has 5 nitrogen and oxygen atoms in total. The van der Waals surface area contributed by atoms with E-state index in [0.717, 1.165) is 11.1 Å². The van der Waals surface area contributed by atoms with E-state index < -0.39 is 24.4 Å². The van der Waals surface area contributed by atoms with Crippen LogP contribution in [0.1, 0.15) is 50.3 Å². The fourth-order valence-corrected chi connectivity index (χ4v) is 5.08. The molecule has 0 atom stereocenters. The molecular formula is C30H30BBrFNO4. The van der Waals surface area contributed by atoms with E-state index in [9.17, 15) is 9.18 Å². The zero-order valence-electron chi connectivity index (χ0n) is 21.9. The molecule has 0 radical (unpaired) electrons. The molecule has 2 aliphatic rings. The summed E-state index contributed by atoms with van der Waals surface area (Å²) in [6, 6.07) is 21.3. The van der Waals surface area contributed by atoms with E-state index in [1.807, 2.05) is 52.0 Å². The van der Waals surface area contributed by atoms with Crippen molar-refractivity contribution in [1.29, 1.82) is 0 Å². The normalized spacial score (nSPS) is 17.7. The average molecular weight is 578 g/mol. The summed E-state index contributed by atoms with van der Waals surface area (Å²) in [7, 11) is -0.708. The minimum absolute atomic E-state index is 0.0306. The lowest BCUT2D eigenvalue weighted by Crippen LogP contribution is -2.41. The largest absolute Gasteiger partial charge is 0.492 e. The summed E-state index contributed by atoms with van der Waals surface area (Å²) in [5.74, 6) is -0.409. The van der Waals surface area contributed by atoms with Crippen LogP contribution >= 0.6 is 15.9 Å². The highest BCUT2D eigenvalue weighted by molar-refractivity contribution is 9.10. The van der Waals surface area contributed by atoms with Gasteiger partial charge in [0.25, 0.3) is 0 Å². The molecule has 1 fully saturated rings. The molecule has 0 spiro atoms. The van der Waals surface area contributed by atoms with E-state index in [-0.39, 0.29) is 24.9 Å². The number of nitrogens with one attached hydrogen (secondary N) is 1. The highest BCUT2D eigenvalue weighted by Crippen LogP contribution is 2.44. The van der Waals surface area contributed by atoms with Crippen LogP contribution in [0, 0.1) is 5.82 Å². The number of rotatable bonds is 6. The Morgan fingerprint density at radius 1 is 1.00 bits per heavy atom. The first kappa shape index (κ1) is 26.7. The molecule has 0 aromatic heterocycles. The van der Waals surface area contributed by atoms with Crippen LogP contribution in [-0.4, -0.2) is 37.6 Å². The monoisotopic (exact) mass is 577 g/mol. The third kappa shape index (κ3) is 5.17. The number of hydrogen-bond acceptors (Lipinski definition) is 4. The second-order valence-corrected chi connectivity index (χ2v) is 11.5. The molecule has 1 aliphatic heterocycles. The number of ether oxygens (including phenoxy) is 1. The van der Waals surface area contributed by atoms with Gasteiger partial charge in [-0.2, -0.15) is 0 Å². The van der Waals surface area contributed by atoms with Gasteiger partial charge in [-0.05, 0) is 89.0 Å². The van der Waals surface area contributed by atoms with Crippen LogP contribution in [0.5, 0.6) is 0 Å². The van der Waals surface area contributed by atoms with Crippen LogP contribution in [0.3, 0.4) is 0 Å². The zero-order valence-corrected chi connectivity index (χ0v) is 23.5. The molecule has 3 aromatic rings. The van der Waals surface area contributed by atoms with Gasteiger partial charge in [-0.25, -0.2) is 9.18 Å². The van der Waals surface area contributed by atoms with Crippen LogP contribution < -0.4 is 5.32 Å². The van der Waals surface area contributed by atoms with Gasteiger partial charge in [0.05, 0.1) is 15.7 Å². The maximum atomic E-state index is 14.2. The van der Waals surface area contributed by atoms with Crippen LogP contribution in [0.2, 0.25) is 0 Å². The summed E-state index contributed by atoms with van der Waals surface area (Å²) in [6.45, 7) is 8.18. The maximum absolute atomic E-state index is 14.2. The van der Waals surface area contributed by atoms with E-state index in [4.69, 9.17) is 14.0 Å². The van der Waals surface area contributed by atoms with Gasteiger partial charge in [0, 0.05) is 12.5 Å². The Kier molecular flexibility index (Phi) is 7.24. The van der Waals surface area contributed by atoms with E-state index >= 15 is 0 Å². The van der Waals surface area contributed by atoms with Crippen LogP contribution in [0.15, 0.2) is 76.7 Å². The summed E-state index contributed by atoms with van der Waals surface area (Å²) in [4.78, 5) is 12.8. The summed E-state index contributed by atoms with van der Waals surface area (Å²) in [6.07, 6.45) is 1.23. The first-order chi connectivity index (χ1) is 18.1. The van der Waals surface area contributed by atoms with Gasteiger partial charge >= 0.3 is 13.2 Å². The van der Waals surface area contributed by atoms with Crippen molar-refractivity contribution < 1.29 is 23.2 Å². The minimum Gasteiger partial charge on any atom is -0.449 e. The summed E-state index contributed by atoms with van der Waals surface area (Å²) < 4.78 is 32.7. The van der Waals surface area contributed by atoms with Crippen molar-refractivity contribution in [1.82, 2.24) is 5.32 Å². The second kappa shape index (κ2) is 10.3. The van der Waals surface area contributed by atoms with Gasteiger partial charge in [0.2, 0.25) is 0 Å². The molecule has 38 heavy (non-hydrogen) atoms. The predicted molar refractivity (Wildman–Crippen MR) is 151 cm³/mol. The maximum Gasteiger partial charge on any atom is 0.492 e. The molecule has 196 valence electrons. The molecule has 8 heteroatoms. The molecule has 0 bridgehead atoms. The molecule has 0 saturated carbocycles. The molecule has 5 rings (SSSR count). The molecule has 1 heterocycles. The van der Waals surface area contributed by atoms with Crippen molar-refractivity contribution in [2.24, 2.45) is 0 Å². The van der Waals surface area contributed by atoms with Gasteiger partial charge < -0.3 is 19.4 Å². The van der Waals surface area contributed by atoms with Gasteiger partial charge in [0.15, 0.2) is 0 Å². The highest BCUT2D eigenvalue weighted by Gasteiger charge is 2.52. The number of alkyl carbamates (subject to hydrolysis) is 1. The number of carbonyl (C=O) groups excluding carboxylic acids is 1. The number of fused-ring (bicyclic) bond motifs is 3. The molecule has 1 N–H and O–H groups in total. The fraction of sp³-hybridized carbons (Fsp3) is 0.300. The zero-order chi connectivity index (χ0) is 27.1. The third-order valence-electron chi connectivity index (χ3n) is 7.63. The molecule has 3 aromatic carbocycles. The quantitative estimate of drug-likeness (QED) is 0.316.